The summed E-state index contributed by atoms with van der Waals surface area (Å²) < 4.78 is 39.6. The maximum Gasteiger partial charge on any atom is 0.175 e. The van der Waals surface area contributed by atoms with E-state index in [1.165, 1.54) is 18.2 Å². The molecule has 0 fully saturated rings. The van der Waals surface area contributed by atoms with Gasteiger partial charge in [-0.05, 0) is 70.9 Å². The number of hydrogen-bond acceptors (Lipinski definition) is 4. The van der Waals surface area contributed by atoms with Gasteiger partial charge in [-0.15, -0.1) is 0 Å². The molecule has 1 heterocycles. The van der Waals surface area contributed by atoms with Crippen molar-refractivity contribution in [3.05, 3.63) is 87.7 Å². The molecule has 1 aromatic heterocycles. The predicted molar refractivity (Wildman–Crippen MR) is 126 cm³/mol. The van der Waals surface area contributed by atoms with E-state index in [1.54, 1.807) is 42.5 Å². The Bertz CT molecular complexity index is 1390. The van der Waals surface area contributed by atoms with Crippen LogP contribution in [-0.2, 0) is 6.61 Å². The zero-order valence-corrected chi connectivity index (χ0v) is 19.1. The molecule has 0 spiro atoms. The third-order valence-electron chi connectivity index (χ3n) is 4.79. The number of halogens is 3. The van der Waals surface area contributed by atoms with Gasteiger partial charge in [-0.3, -0.25) is 0 Å². The topological polar surface area (TPSA) is 70.9 Å². The van der Waals surface area contributed by atoms with E-state index in [9.17, 15) is 14.0 Å². The number of fused-ring (bicyclic) bond motifs is 1. The van der Waals surface area contributed by atoms with E-state index < -0.39 is 5.82 Å². The predicted octanol–water partition coefficient (Wildman–Crippen LogP) is 6.65. The van der Waals surface area contributed by atoms with Gasteiger partial charge in [0.2, 0.25) is 0 Å². The molecule has 166 valence electrons. The van der Waals surface area contributed by atoms with Crippen LogP contribution < -0.4 is 9.47 Å². The van der Waals surface area contributed by atoms with Gasteiger partial charge in [0.15, 0.2) is 11.5 Å². The largest absolute Gasteiger partial charge is 0.490 e. The van der Waals surface area contributed by atoms with Crippen LogP contribution in [0.3, 0.4) is 0 Å². The molecule has 33 heavy (non-hydrogen) atoms. The fourth-order valence-electron chi connectivity index (χ4n) is 3.27. The Hall–Kier alpha value is -3.70. The first-order chi connectivity index (χ1) is 16.0. The summed E-state index contributed by atoms with van der Waals surface area (Å²) in [6.45, 7) is 2.25. The van der Waals surface area contributed by atoms with E-state index >= 15 is 0 Å². The molecule has 0 unspecified atom stereocenters. The van der Waals surface area contributed by atoms with Crippen molar-refractivity contribution < 1.29 is 18.3 Å². The van der Waals surface area contributed by atoms with E-state index in [-0.39, 0.29) is 18.0 Å². The Kier molecular flexibility index (Phi) is 6.71. The van der Waals surface area contributed by atoms with Crippen LogP contribution in [0.2, 0.25) is 0 Å². The highest BCUT2D eigenvalue weighted by Gasteiger charge is 2.15. The number of hydrogen-bond donors (Lipinski definition) is 1. The van der Waals surface area contributed by atoms with Gasteiger partial charge in [-0.25, -0.2) is 13.8 Å². The van der Waals surface area contributed by atoms with E-state index in [0.29, 0.717) is 50.6 Å². The van der Waals surface area contributed by atoms with Crippen molar-refractivity contribution in [2.75, 3.05) is 6.61 Å². The number of aromatic amines is 1. The summed E-state index contributed by atoms with van der Waals surface area (Å²) in [7, 11) is 0. The summed E-state index contributed by atoms with van der Waals surface area (Å²) in [4.78, 5) is 7.35. The quantitative estimate of drug-likeness (QED) is 0.283. The molecule has 0 aliphatic rings. The Morgan fingerprint density at radius 2 is 1.97 bits per heavy atom. The Morgan fingerprint density at radius 3 is 2.73 bits per heavy atom. The SMILES string of the molecule is CCOc1cc(/C=C(/C#N)c2nc3ccc(F)cc3[nH]2)cc(Br)c1OCc1ccccc1F. The van der Waals surface area contributed by atoms with E-state index in [4.69, 9.17) is 9.47 Å². The van der Waals surface area contributed by atoms with Crippen molar-refractivity contribution >= 4 is 38.6 Å². The highest BCUT2D eigenvalue weighted by molar-refractivity contribution is 9.10. The molecule has 0 saturated heterocycles. The molecule has 0 aliphatic carbocycles. The van der Waals surface area contributed by atoms with Gasteiger partial charge in [0.1, 0.15) is 30.1 Å². The zero-order valence-electron chi connectivity index (χ0n) is 17.5. The first-order valence-corrected chi connectivity index (χ1v) is 10.9. The van der Waals surface area contributed by atoms with Crippen LogP contribution >= 0.6 is 15.9 Å². The molecule has 0 saturated carbocycles. The normalized spacial score (nSPS) is 11.4. The third kappa shape index (κ3) is 5.04. The molecule has 0 atom stereocenters. The molecule has 4 rings (SSSR count). The lowest BCUT2D eigenvalue weighted by atomic mass is 10.1. The third-order valence-corrected chi connectivity index (χ3v) is 5.38. The van der Waals surface area contributed by atoms with Crippen molar-refractivity contribution in [2.24, 2.45) is 0 Å². The first kappa shape index (κ1) is 22.5. The molecular formula is C25H18BrF2N3O2. The number of H-pyrrole nitrogens is 1. The average molecular weight is 510 g/mol. The molecular weight excluding hydrogens is 492 g/mol. The lowest BCUT2D eigenvalue weighted by molar-refractivity contribution is 0.264. The van der Waals surface area contributed by atoms with Crippen LogP contribution in [0, 0.1) is 23.0 Å². The number of nitriles is 1. The number of imidazole rings is 1. The van der Waals surface area contributed by atoms with E-state index in [1.807, 2.05) is 6.92 Å². The highest BCUT2D eigenvalue weighted by Crippen LogP contribution is 2.38. The molecule has 0 bridgehead atoms. The molecule has 0 aliphatic heterocycles. The van der Waals surface area contributed by atoms with Crippen molar-refractivity contribution in [2.45, 2.75) is 13.5 Å². The maximum absolute atomic E-state index is 14.0. The van der Waals surface area contributed by atoms with Crippen molar-refractivity contribution in [3.63, 3.8) is 0 Å². The molecule has 0 radical (unpaired) electrons. The first-order valence-electron chi connectivity index (χ1n) is 10.1. The Labute approximate surface area is 197 Å². The molecule has 0 amide bonds. The zero-order chi connectivity index (χ0) is 23.4. The van der Waals surface area contributed by atoms with Gasteiger partial charge in [0.05, 0.1) is 27.7 Å². The van der Waals surface area contributed by atoms with Crippen LogP contribution in [0.25, 0.3) is 22.7 Å². The average Bonchev–Trinajstić information content (AvgIpc) is 3.21. The van der Waals surface area contributed by atoms with E-state index in [2.05, 4.69) is 32.0 Å². The standard InChI is InChI=1S/C25H18BrF2N3O2/c1-2-32-23-11-15(10-19(26)24(23)33-14-16-5-3-4-6-20(16)28)9-17(13-29)25-30-21-8-7-18(27)12-22(21)31-25/h3-12H,2,14H2,1H3,(H,30,31)/b17-9-. The molecule has 4 aromatic rings. The maximum atomic E-state index is 14.0. The summed E-state index contributed by atoms with van der Waals surface area (Å²) in [6, 6.07) is 16.2. The lowest BCUT2D eigenvalue weighted by Gasteiger charge is -2.15. The second kappa shape index (κ2) is 9.84. The number of nitrogens with zero attached hydrogens (tertiary/aromatic N) is 2. The Morgan fingerprint density at radius 1 is 1.15 bits per heavy atom. The van der Waals surface area contributed by atoms with Crippen molar-refractivity contribution in [1.29, 1.82) is 5.26 Å². The lowest BCUT2D eigenvalue weighted by Crippen LogP contribution is -2.02. The number of nitrogens with one attached hydrogen (secondary N) is 1. The van der Waals surface area contributed by atoms with Gasteiger partial charge in [-0.2, -0.15) is 5.26 Å². The van der Waals surface area contributed by atoms with Crippen LogP contribution in [0.15, 0.2) is 59.1 Å². The second-order valence-electron chi connectivity index (χ2n) is 7.06. The Balaban J connectivity index is 1.67. The van der Waals surface area contributed by atoms with E-state index in [0.717, 1.165) is 0 Å². The molecule has 3 aromatic carbocycles. The van der Waals surface area contributed by atoms with Gasteiger partial charge in [0, 0.05) is 5.56 Å². The summed E-state index contributed by atoms with van der Waals surface area (Å²) in [6.07, 6.45) is 1.64. The van der Waals surface area contributed by atoms with Crippen LogP contribution in [-0.4, -0.2) is 16.6 Å². The number of allylic oxidation sites excluding steroid dienone is 1. The van der Waals surface area contributed by atoms with Gasteiger partial charge in [0.25, 0.3) is 0 Å². The minimum Gasteiger partial charge on any atom is -0.490 e. The fraction of sp³-hybridized carbons (Fsp3) is 0.120. The van der Waals surface area contributed by atoms with Crippen LogP contribution in [0.1, 0.15) is 23.9 Å². The number of ether oxygens (including phenoxy) is 2. The van der Waals surface area contributed by atoms with Crippen LogP contribution in [0.5, 0.6) is 11.5 Å². The summed E-state index contributed by atoms with van der Waals surface area (Å²) in [5.41, 5.74) is 2.40. The van der Waals surface area contributed by atoms with Gasteiger partial charge in [-0.1, -0.05) is 18.2 Å². The monoisotopic (exact) mass is 509 g/mol. The number of benzene rings is 3. The fourth-order valence-corrected chi connectivity index (χ4v) is 3.84. The van der Waals surface area contributed by atoms with Gasteiger partial charge < -0.3 is 14.5 Å². The molecule has 8 heteroatoms. The van der Waals surface area contributed by atoms with Crippen LogP contribution in [0.4, 0.5) is 8.78 Å². The summed E-state index contributed by atoms with van der Waals surface area (Å²) in [5, 5.41) is 9.70. The van der Waals surface area contributed by atoms with Crippen molar-refractivity contribution in [3.8, 4) is 17.6 Å². The smallest absolute Gasteiger partial charge is 0.175 e. The minimum atomic E-state index is -0.392. The second-order valence-corrected chi connectivity index (χ2v) is 7.91. The van der Waals surface area contributed by atoms with Crippen molar-refractivity contribution in [1.82, 2.24) is 9.97 Å². The minimum absolute atomic E-state index is 0.0273. The summed E-state index contributed by atoms with van der Waals surface area (Å²) in [5.74, 6) is 0.451. The van der Waals surface area contributed by atoms with Gasteiger partial charge >= 0.3 is 0 Å². The highest BCUT2D eigenvalue weighted by atomic mass is 79.9. The molecule has 5 nitrogen and oxygen atoms in total. The number of rotatable bonds is 7. The number of aromatic nitrogens is 2. The summed E-state index contributed by atoms with van der Waals surface area (Å²) >= 11 is 3.49. The molecule has 1 N–H and O–H groups in total.